The molecule has 1 aromatic rings. The van der Waals surface area contributed by atoms with Gasteiger partial charge in [-0.2, -0.15) is 4.72 Å². The Kier molecular flexibility index (Phi) is 6.64. The standard InChI is InChI=1S/C14H22N2O4S/c1-4-5-10-15-14(17)11(2)16-21(18,19)13-8-6-12(20-3)7-9-13/h6-9,11,16H,4-5,10H2,1-3H3,(H,15,17). The Balaban J connectivity index is 2.68. The molecule has 1 atom stereocenters. The number of unbranched alkanes of at least 4 members (excludes halogenated alkanes) is 1. The molecule has 0 heterocycles. The zero-order valence-electron chi connectivity index (χ0n) is 12.5. The lowest BCUT2D eigenvalue weighted by Gasteiger charge is -2.14. The fraction of sp³-hybridized carbons (Fsp3) is 0.500. The van der Waals surface area contributed by atoms with E-state index in [9.17, 15) is 13.2 Å². The highest BCUT2D eigenvalue weighted by molar-refractivity contribution is 7.89. The highest BCUT2D eigenvalue weighted by Gasteiger charge is 2.21. The summed E-state index contributed by atoms with van der Waals surface area (Å²) in [5.41, 5.74) is 0. The van der Waals surface area contributed by atoms with E-state index in [0.29, 0.717) is 12.3 Å². The van der Waals surface area contributed by atoms with Gasteiger partial charge >= 0.3 is 0 Å². The van der Waals surface area contributed by atoms with E-state index in [4.69, 9.17) is 4.74 Å². The van der Waals surface area contributed by atoms with Gasteiger partial charge in [-0.25, -0.2) is 8.42 Å². The third-order valence-electron chi connectivity index (χ3n) is 2.92. The maximum Gasteiger partial charge on any atom is 0.241 e. The van der Waals surface area contributed by atoms with Crippen molar-refractivity contribution in [2.45, 2.75) is 37.6 Å². The lowest BCUT2D eigenvalue weighted by molar-refractivity contribution is -0.122. The SMILES string of the molecule is CCCCNC(=O)C(C)NS(=O)(=O)c1ccc(OC)cc1. The van der Waals surface area contributed by atoms with E-state index >= 15 is 0 Å². The molecule has 118 valence electrons. The Morgan fingerprint density at radius 2 is 1.90 bits per heavy atom. The Hall–Kier alpha value is -1.60. The van der Waals surface area contributed by atoms with Crippen LogP contribution in [0.1, 0.15) is 26.7 Å². The number of carbonyl (C=O) groups excluding carboxylic acids is 1. The minimum absolute atomic E-state index is 0.0940. The minimum atomic E-state index is -3.73. The molecule has 21 heavy (non-hydrogen) atoms. The van der Waals surface area contributed by atoms with Crippen molar-refractivity contribution in [3.8, 4) is 5.75 Å². The van der Waals surface area contributed by atoms with Gasteiger partial charge in [0, 0.05) is 6.54 Å². The van der Waals surface area contributed by atoms with Gasteiger partial charge in [-0.15, -0.1) is 0 Å². The summed E-state index contributed by atoms with van der Waals surface area (Å²) in [4.78, 5) is 11.9. The first kappa shape index (κ1) is 17.5. The van der Waals surface area contributed by atoms with Crippen molar-refractivity contribution < 1.29 is 17.9 Å². The Bertz CT molecular complexity index is 555. The molecule has 1 amide bonds. The van der Waals surface area contributed by atoms with Crippen LogP contribution < -0.4 is 14.8 Å². The van der Waals surface area contributed by atoms with Gasteiger partial charge in [0.25, 0.3) is 0 Å². The van der Waals surface area contributed by atoms with Gasteiger partial charge in [0.1, 0.15) is 5.75 Å². The number of nitrogens with one attached hydrogen (secondary N) is 2. The summed E-state index contributed by atoms with van der Waals surface area (Å²) in [6, 6.07) is 5.15. The normalized spacial score (nSPS) is 12.7. The minimum Gasteiger partial charge on any atom is -0.497 e. The molecule has 0 aliphatic heterocycles. The molecule has 1 rings (SSSR count). The summed E-state index contributed by atoms with van der Waals surface area (Å²) in [6.07, 6.45) is 1.83. The van der Waals surface area contributed by atoms with E-state index in [-0.39, 0.29) is 10.8 Å². The van der Waals surface area contributed by atoms with E-state index in [1.165, 1.54) is 26.2 Å². The largest absolute Gasteiger partial charge is 0.497 e. The second-order valence-corrected chi connectivity index (χ2v) is 6.38. The van der Waals surface area contributed by atoms with Crippen LogP contribution in [0, 0.1) is 0 Å². The average Bonchev–Trinajstić information content (AvgIpc) is 2.47. The van der Waals surface area contributed by atoms with Crippen molar-refractivity contribution >= 4 is 15.9 Å². The first-order valence-electron chi connectivity index (χ1n) is 6.84. The molecule has 0 bridgehead atoms. The Labute approximate surface area is 125 Å². The highest BCUT2D eigenvalue weighted by Crippen LogP contribution is 2.15. The molecule has 2 N–H and O–H groups in total. The molecular formula is C14H22N2O4S. The van der Waals surface area contributed by atoms with Gasteiger partial charge in [0.15, 0.2) is 0 Å². The van der Waals surface area contributed by atoms with Crippen LogP contribution in [-0.2, 0) is 14.8 Å². The molecule has 0 saturated carbocycles. The molecule has 1 aromatic carbocycles. The molecule has 0 saturated heterocycles. The summed E-state index contributed by atoms with van der Waals surface area (Å²) in [5.74, 6) is 0.236. The van der Waals surface area contributed by atoms with Crippen LogP contribution >= 0.6 is 0 Å². The lowest BCUT2D eigenvalue weighted by Crippen LogP contribution is -2.44. The summed E-state index contributed by atoms with van der Waals surface area (Å²) >= 11 is 0. The predicted octanol–water partition coefficient (Wildman–Crippen LogP) is 1.28. The first-order valence-corrected chi connectivity index (χ1v) is 8.33. The molecule has 0 fully saturated rings. The number of hydrogen-bond acceptors (Lipinski definition) is 4. The smallest absolute Gasteiger partial charge is 0.241 e. The van der Waals surface area contributed by atoms with Crippen LogP contribution in [0.25, 0.3) is 0 Å². The topological polar surface area (TPSA) is 84.5 Å². The van der Waals surface area contributed by atoms with Gasteiger partial charge in [-0.1, -0.05) is 13.3 Å². The van der Waals surface area contributed by atoms with Crippen molar-refractivity contribution in [1.82, 2.24) is 10.0 Å². The summed E-state index contributed by atoms with van der Waals surface area (Å²) in [6.45, 7) is 4.08. The number of carbonyl (C=O) groups is 1. The van der Waals surface area contributed by atoms with Crippen LogP contribution in [0.5, 0.6) is 5.75 Å². The van der Waals surface area contributed by atoms with Crippen LogP contribution in [-0.4, -0.2) is 34.0 Å². The van der Waals surface area contributed by atoms with Crippen LogP contribution in [0.4, 0.5) is 0 Å². The Morgan fingerprint density at radius 3 is 2.43 bits per heavy atom. The molecule has 1 unspecified atom stereocenters. The number of sulfonamides is 1. The number of methoxy groups -OCH3 is 1. The second-order valence-electron chi connectivity index (χ2n) is 4.66. The van der Waals surface area contributed by atoms with E-state index in [0.717, 1.165) is 12.8 Å². The quantitative estimate of drug-likeness (QED) is 0.708. The highest BCUT2D eigenvalue weighted by atomic mass is 32.2. The van der Waals surface area contributed by atoms with Crippen molar-refractivity contribution in [3.05, 3.63) is 24.3 Å². The van der Waals surface area contributed by atoms with Gasteiger partial charge in [0.05, 0.1) is 18.0 Å². The summed E-state index contributed by atoms with van der Waals surface area (Å²) < 4.78 is 31.6. The number of rotatable bonds is 8. The van der Waals surface area contributed by atoms with Crippen molar-refractivity contribution in [1.29, 1.82) is 0 Å². The van der Waals surface area contributed by atoms with Gasteiger partial charge in [0.2, 0.25) is 15.9 Å². The van der Waals surface area contributed by atoms with Crippen molar-refractivity contribution in [2.75, 3.05) is 13.7 Å². The van der Waals surface area contributed by atoms with Crippen LogP contribution in [0.15, 0.2) is 29.2 Å². The molecule has 0 aromatic heterocycles. The summed E-state index contributed by atoms with van der Waals surface area (Å²) in [5, 5.41) is 2.69. The van der Waals surface area contributed by atoms with E-state index in [1.807, 2.05) is 6.92 Å². The van der Waals surface area contributed by atoms with Crippen molar-refractivity contribution in [2.24, 2.45) is 0 Å². The third-order valence-corrected chi connectivity index (χ3v) is 4.48. The monoisotopic (exact) mass is 314 g/mol. The number of amides is 1. The molecule has 7 heteroatoms. The molecule has 0 radical (unpaired) electrons. The maximum atomic E-state index is 12.1. The molecule has 0 aliphatic carbocycles. The van der Waals surface area contributed by atoms with Crippen LogP contribution in [0.3, 0.4) is 0 Å². The van der Waals surface area contributed by atoms with Gasteiger partial charge in [-0.05, 0) is 37.6 Å². The van der Waals surface area contributed by atoms with E-state index < -0.39 is 16.1 Å². The van der Waals surface area contributed by atoms with E-state index in [1.54, 1.807) is 12.1 Å². The summed E-state index contributed by atoms with van der Waals surface area (Å²) in [7, 11) is -2.22. The van der Waals surface area contributed by atoms with Crippen molar-refractivity contribution in [3.63, 3.8) is 0 Å². The second kappa shape index (κ2) is 7.99. The van der Waals surface area contributed by atoms with Gasteiger partial charge in [-0.3, -0.25) is 4.79 Å². The zero-order valence-corrected chi connectivity index (χ0v) is 13.4. The molecule has 0 aliphatic rings. The molecular weight excluding hydrogens is 292 g/mol. The predicted molar refractivity (Wildman–Crippen MR) is 80.7 cm³/mol. The zero-order chi connectivity index (χ0) is 15.9. The van der Waals surface area contributed by atoms with E-state index in [2.05, 4.69) is 10.0 Å². The lowest BCUT2D eigenvalue weighted by atomic mass is 10.3. The first-order chi connectivity index (χ1) is 9.90. The number of ether oxygens (including phenoxy) is 1. The average molecular weight is 314 g/mol. The maximum absolute atomic E-state index is 12.1. The molecule has 0 spiro atoms. The Morgan fingerprint density at radius 1 is 1.29 bits per heavy atom. The fourth-order valence-corrected chi connectivity index (χ4v) is 2.85. The number of benzene rings is 1. The van der Waals surface area contributed by atoms with Crippen LogP contribution in [0.2, 0.25) is 0 Å². The fourth-order valence-electron chi connectivity index (χ4n) is 1.65. The molecule has 6 nitrogen and oxygen atoms in total. The number of hydrogen-bond donors (Lipinski definition) is 2. The third kappa shape index (κ3) is 5.35. The van der Waals surface area contributed by atoms with Gasteiger partial charge < -0.3 is 10.1 Å².